The van der Waals surface area contributed by atoms with Crippen LogP contribution < -0.4 is 0 Å². The molecule has 0 aliphatic carbocycles. The zero-order valence-electron chi connectivity index (χ0n) is 15.2. The zero-order chi connectivity index (χ0) is 18.1. The molecule has 3 heterocycles. The van der Waals surface area contributed by atoms with Gasteiger partial charge in [-0.2, -0.15) is 5.10 Å². The van der Waals surface area contributed by atoms with Crippen molar-refractivity contribution in [3.8, 4) is 11.4 Å². The van der Waals surface area contributed by atoms with Crippen LogP contribution in [0.15, 0.2) is 30.3 Å². The number of aryl methyl sites for hydroxylation is 2. The normalized spacial score (nSPS) is 13.7. The maximum Gasteiger partial charge on any atom is 0.274 e. The third-order valence-corrected chi connectivity index (χ3v) is 4.93. The van der Waals surface area contributed by atoms with Crippen LogP contribution >= 0.6 is 0 Å². The van der Waals surface area contributed by atoms with Gasteiger partial charge in [0, 0.05) is 42.0 Å². The van der Waals surface area contributed by atoms with E-state index in [-0.39, 0.29) is 5.91 Å². The number of imidazole rings is 1. The van der Waals surface area contributed by atoms with E-state index in [9.17, 15) is 4.79 Å². The maximum absolute atomic E-state index is 13.1. The van der Waals surface area contributed by atoms with Crippen LogP contribution in [-0.4, -0.2) is 37.5 Å². The van der Waals surface area contributed by atoms with Crippen LogP contribution in [0.4, 0.5) is 0 Å². The maximum atomic E-state index is 13.1. The summed E-state index contributed by atoms with van der Waals surface area (Å²) in [5.41, 5.74) is 5.73. The van der Waals surface area contributed by atoms with E-state index in [1.165, 1.54) is 11.3 Å². The Balaban J connectivity index is 1.59. The molecule has 0 atom stereocenters. The molecular formula is C20H23N5O. The Morgan fingerprint density at radius 1 is 1.27 bits per heavy atom. The summed E-state index contributed by atoms with van der Waals surface area (Å²) in [5, 5.41) is 7.57. The van der Waals surface area contributed by atoms with Gasteiger partial charge < -0.3 is 9.88 Å². The van der Waals surface area contributed by atoms with Crippen molar-refractivity contribution >= 4 is 5.91 Å². The Labute approximate surface area is 152 Å². The summed E-state index contributed by atoms with van der Waals surface area (Å²) in [4.78, 5) is 22.8. The van der Waals surface area contributed by atoms with Gasteiger partial charge >= 0.3 is 0 Å². The number of rotatable bonds is 4. The molecule has 0 bridgehead atoms. The van der Waals surface area contributed by atoms with E-state index < -0.39 is 0 Å². The lowest BCUT2D eigenvalue weighted by atomic mass is 10.0. The predicted molar refractivity (Wildman–Crippen MR) is 99.8 cm³/mol. The number of nitrogens with zero attached hydrogens (tertiary/aromatic N) is 3. The standard InChI is InChI=1S/C20H23N5O/c1-3-7-16-15-12-25(11-10-17(15)24-23-16)20(26)18-13(2)21-19(22-18)14-8-5-4-6-9-14/h4-6,8-9H,3,7,10-12H2,1-2H3,(H,21,22)(H,23,24). The van der Waals surface area contributed by atoms with Gasteiger partial charge in [0.25, 0.3) is 5.91 Å². The lowest BCUT2D eigenvalue weighted by molar-refractivity contribution is 0.0728. The number of hydrogen-bond donors (Lipinski definition) is 2. The molecule has 134 valence electrons. The molecule has 2 aromatic heterocycles. The number of fused-ring (bicyclic) bond motifs is 1. The second kappa shape index (κ2) is 6.78. The Morgan fingerprint density at radius 2 is 2.08 bits per heavy atom. The molecule has 2 N–H and O–H groups in total. The summed E-state index contributed by atoms with van der Waals surface area (Å²) < 4.78 is 0. The highest BCUT2D eigenvalue weighted by molar-refractivity contribution is 5.94. The van der Waals surface area contributed by atoms with Crippen molar-refractivity contribution in [1.29, 1.82) is 0 Å². The summed E-state index contributed by atoms with van der Waals surface area (Å²) in [6.07, 6.45) is 2.80. The van der Waals surface area contributed by atoms with Gasteiger partial charge in [-0.25, -0.2) is 4.98 Å². The Morgan fingerprint density at radius 3 is 2.85 bits per heavy atom. The lowest BCUT2D eigenvalue weighted by Crippen LogP contribution is -2.36. The van der Waals surface area contributed by atoms with Crippen LogP contribution in [0.3, 0.4) is 0 Å². The number of carbonyl (C=O) groups is 1. The van der Waals surface area contributed by atoms with Gasteiger partial charge in [0.05, 0.1) is 5.69 Å². The van der Waals surface area contributed by atoms with E-state index in [4.69, 9.17) is 0 Å². The largest absolute Gasteiger partial charge is 0.341 e. The van der Waals surface area contributed by atoms with Gasteiger partial charge in [0.15, 0.2) is 0 Å². The van der Waals surface area contributed by atoms with Crippen LogP contribution in [-0.2, 0) is 19.4 Å². The molecule has 0 spiro atoms. The average Bonchev–Trinajstić information content (AvgIpc) is 3.25. The number of nitrogens with one attached hydrogen (secondary N) is 2. The minimum Gasteiger partial charge on any atom is -0.341 e. The quantitative estimate of drug-likeness (QED) is 0.759. The molecule has 0 saturated heterocycles. The topological polar surface area (TPSA) is 77.7 Å². The molecule has 6 heteroatoms. The van der Waals surface area contributed by atoms with Gasteiger partial charge in [0.1, 0.15) is 11.5 Å². The third kappa shape index (κ3) is 2.92. The van der Waals surface area contributed by atoms with Crippen molar-refractivity contribution in [1.82, 2.24) is 25.1 Å². The zero-order valence-corrected chi connectivity index (χ0v) is 15.2. The average molecular weight is 349 g/mol. The van der Waals surface area contributed by atoms with Crippen molar-refractivity contribution in [2.24, 2.45) is 0 Å². The number of aromatic amines is 2. The minimum absolute atomic E-state index is 0.0183. The highest BCUT2D eigenvalue weighted by Gasteiger charge is 2.28. The SMILES string of the molecule is CCCc1n[nH]c2c1CN(C(=O)c1nc(-c3ccccc3)[nH]c1C)CC2. The second-order valence-corrected chi connectivity index (χ2v) is 6.78. The second-order valence-electron chi connectivity index (χ2n) is 6.78. The third-order valence-electron chi connectivity index (χ3n) is 4.93. The first-order valence-electron chi connectivity index (χ1n) is 9.13. The molecule has 3 aromatic rings. The van der Waals surface area contributed by atoms with Crippen molar-refractivity contribution < 1.29 is 4.79 Å². The number of carbonyl (C=O) groups excluding carboxylic acids is 1. The number of hydrogen-bond acceptors (Lipinski definition) is 3. The van der Waals surface area contributed by atoms with Crippen molar-refractivity contribution in [3.63, 3.8) is 0 Å². The first-order valence-corrected chi connectivity index (χ1v) is 9.13. The predicted octanol–water partition coefficient (Wildman–Crippen LogP) is 3.26. The highest BCUT2D eigenvalue weighted by Crippen LogP contribution is 2.24. The molecule has 1 aromatic carbocycles. The Hall–Kier alpha value is -2.89. The van der Waals surface area contributed by atoms with Crippen molar-refractivity contribution in [2.45, 2.75) is 39.7 Å². The Bertz CT molecular complexity index is 925. The summed E-state index contributed by atoms with van der Waals surface area (Å²) in [6.45, 7) is 5.34. The number of amides is 1. The van der Waals surface area contributed by atoms with Crippen LogP contribution in [0, 0.1) is 6.92 Å². The number of H-pyrrole nitrogens is 2. The van der Waals surface area contributed by atoms with Gasteiger partial charge in [-0.1, -0.05) is 43.7 Å². The van der Waals surface area contributed by atoms with Gasteiger partial charge in [-0.15, -0.1) is 0 Å². The first-order chi connectivity index (χ1) is 12.7. The molecule has 4 rings (SSSR count). The molecule has 26 heavy (non-hydrogen) atoms. The van der Waals surface area contributed by atoms with Crippen molar-refractivity contribution in [2.75, 3.05) is 6.54 Å². The van der Waals surface area contributed by atoms with Crippen LogP contribution in [0.5, 0.6) is 0 Å². The summed E-state index contributed by atoms with van der Waals surface area (Å²) >= 11 is 0. The summed E-state index contributed by atoms with van der Waals surface area (Å²) in [7, 11) is 0. The molecule has 1 aliphatic heterocycles. The lowest BCUT2D eigenvalue weighted by Gasteiger charge is -2.26. The molecule has 0 fully saturated rings. The van der Waals surface area contributed by atoms with Crippen molar-refractivity contribution in [3.05, 3.63) is 58.7 Å². The van der Waals surface area contributed by atoms with E-state index in [2.05, 4.69) is 27.1 Å². The van der Waals surface area contributed by atoms with Gasteiger partial charge in [-0.05, 0) is 13.3 Å². The molecule has 6 nitrogen and oxygen atoms in total. The van der Waals surface area contributed by atoms with E-state index in [1.807, 2.05) is 42.2 Å². The molecular weight excluding hydrogens is 326 g/mol. The molecule has 0 unspecified atom stereocenters. The molecule has 1 amide bonds. The molecule has 0 radical (unpaired) electrons. The van der Waals surface area contributed by atoms with Gasteiger partial charge in [0.2, 0.25) is 0 Å². The monoisotopic (exact) mass is 349 g/mol. The highest BCUT2D eigenvalue weighted by atomic mass is 16.2. The Kier molecular flexibility index (Phi) is 4.32. The van der Waals surface area contributed by atoms with E-state index in [0.29, 0.717) is 18.8 Å². The fourth-order valence-electron chi connectivity index (χ4n) is 3.52. The molecule has 0 saturated carbocycles. The van der Waals surface area contributed by atoms with Crippen LogP contribution in [0.1, 0.15) is 46.5 Å². The van der Waals surface area contributed by atoms with E-state index in [1.54, 1.807) is 0 Å². The summed E-state index contributed by atoms with van der Waals surface area (Å²) in [5.74, 6) is 0.717. The molecule has 1 aliphatic rings. The fraction of sp³-hybridized carbons (Fsp3) is 0.350. The van der Waals surface area contributed by atoms with E-state index >= 15 is 0 Å². The first kappa shape index (κ1) is 16.6. The van der Waals surface area contributed by atoms with Gasteiger partial charge in [-0.3, -0.25) is 9.89 Å². The van der Waals surface area contributed by atoms with E-state index in [0.717, 1.165) is 42.0 Å². The number of aromatic nitrogens is 4. The smallest absolute Gasteiger partial charge is 0.274 e. The van der Waals surface area contributed by atoms with Crippen LogP contribution in [0.2, 0.25) is 0 Å². The number of benzene rings is 1. The van der Waals surface area contributed by atoms with Crippen LogP contribution in [0.25, 0.3) is 11.4 Å². The fourth-order valence-corrected chi connectivity index (χ4v) is 3.52. The minimum atomic E-state index is -0.0183. The summed E-state index contributed by atoms with van der Waals surface area (Å²) in [6, 6.07) is 9.88.